The first-order chi connectivity index (χ1) is 63.6. The van der Waals surface area contributed by atoms with Crippen LogP contribution < -0.4 is 0 Å². The number of rotatable bonds is 7. The summed E-state index contributed by atoms with van der Waals surface area (Å²) in [5, 5.41) is 0. The summed E-state index contributed by atoms with van der Waals surface area (Å²) in [5.74, 6) is -1.03. The SMILES string of the molecule is CCCC1=C2CCCCC3=C4CCCCC5=C6CCCCC7=C8CCCCC9=C%10CCCCC%11=C%12CCCCC%13=C%14CCCCC%15=C(CCC)C(=O)C(=C(CCC)C%15=O)CCCCC(=C(CCCCC(=C(CCCCC(=C(CCCCC(=C(CCCCC(=C(CCCCC(=C(CCCCC(=C(CC)C2=O)C1=O)C4=O)C3=O)C6=O)C5=O)C8=O)C7=O)C%10=O)C9=O)C%12=O)C%11=O)C%14=O)C%13=O. The van der Waals surface area contributed by atoms with Crippen molar-refractivity contribution in [3.8, 4) is 0 Å². The third kappa shape index (κ3) is 19.9. The molecule has 131 heavy (non-hydrogen) atoms. The molecule has 16 nitrogen and oxygen atoms in total. The van der Waals surface area contributed by atoms with Gasteiger partial charge in [-0.15, -0.1) is 0 Å². The van der Waals surface area contributed by atoms with Crippen molar-refractivity contribution in [2.75, 3.05) is 0 Å². The summed E-state index contributed by atoms with van der Waals surface area (Å²) in [4.78, 5) is 241. The van der Waals surface area contributed by atoms with Gasteiger partial charge in [-0.05, 0) is 385 Å². The van der Waals surface area contributed by atoms with Gasteiger partial charge in [0.05, 0.1) is 0 Å². The highest BCUT2D eigenvalue weighted by atomic mass is 16.2. The van der Waals surface area contributed by atoms with Crippen molar-refractivity contribution in [3.63, 3.8) is 0 Å². The van der Waals surface area contributed by atoms with E-state index in [-0.39, 0.29) is 92.5 Å². The molecule has 0 spiro atoms. The highest BCUT2D eigenvalue weighted by Crippen LogP contribution is 2.48. The molecule has 0 saturated heterocycles. The molecule has 0 radical (unpaired) electrons. The smallest absolute Gasteiger partial charge is 0.185 e. The molecule has 0 heterocycles. The van der Waals surface area contributed by atoms with E-state index in [2.05, 4.69) is 0 Å². The van der Waals surface area contributed by atoms with Crippen molar-refractivity contribution in [1.29, 1.82) is 0 Å². The van der Waals surface area contributed by atoms with E-state index in [0.29, 0.717) is 564 Å². The van der Waals surface area contributed by atoms with Crippen LogP contribution in [-0.2, 0) is 76.7 Å². The van der Waals surface area contributed by atoms with Crippen molar-refractivity contribution in [2.24, 2.45) is 0 Å². The third-order valence-corrected chi connectivity index (χ3v) is 31.9. The molecule has 0 aromatic rings. The zero-order valence-corrected chi connectivity index (χ0v) is 79.1. The number of carbonyl (C=O) groups excluding carboxylic acids is 16. The Hall–Kier alpha value is -9.44. The third-order valence-electron chi connectivity index (χ3n) is 31.9. The lowest BCUT2D eigenvalue weighted by atomic mass is 9.73. The number of Topliss-reactive ketones (excluding diaryl/α,β-unsaturated/α-hetero) is 16. The first kappa shape index (κ1) is 96.1. The minimum atomic E-state index is -0.102. The van der Waals surface area contributed by atoms with Crippen LogP contribution >= 0.6 is 0 Å². The molecular formula is C115H138O16. The van der Waals surface area contributed by atoms with E-state index in [4.69, 9.17) is 0 Å². The average Bonchev–Trinajstić information content (AvgIpc) is 0.771. The number of ketones is 16. The van der Waals surface area contributed by atoms with E-state index in [0.717, 1.165) is 19.3 Å². The van der Waals surface area contributed by atoms with Crippen molar-refractivity contribution < 1.29 is 76.7 Å². The molecule has 0 saturated carbocycles. The van der Waals surface area contributed by atoms with Crippen LogP contribution in [0.5, 0.6) is 0 Å². The Bertz CT molecular complexity index is 5150. The van der Waals surface area contributed by atoms with E-state index in [1.54, 1.807) is 0 Å². The second kappa shape index (κ2) is 44.2. The van der Waals surface area contributed by atoms with Crippen LogP contribution in [0.25, 0.3) is 0 Å². The molecule has 0 N–H and O–H groups in total. The molecule has 36 aliphatic carbocycles. The Labute approximate surface area is 775 Å². The van der Waals surface area contributed by atoms with Gasteiger partial charge in [0.25, 0.3) is 0 Å². The number of allylic oxidation sites excluding steroid dienone is 32. The molecule has 28 bridgehead atoms. The van der Waals surface area contributed by atoms with Crippen LogP contribution in [0.15, 0.2) is 178 Å². The molecule has 0 fully saturated rings. The summed E-state index contributed by atoms with van der Waals surface area (Å²) < 4.78 is 0. The van der Waals surface area contributed by atoms with Gasteiger partial charge in [-0.25, -0.2) is 0 Å². The maximum absolute atomic E-state index is 15.5. The zero-order valence-electron chi connectivity index (χ0n) is 79.1. The average molecular weight is 1780 g/mol. The predicted octanol–water partition coefficient (Wildman–Crippen LogP) is 24.7. The summed E-state index contributed by atoms with van der Waals surface area (Å²) in [6.07, 6.45) is 28.5. The summed E-state index contributed by atoms with van der Waals surface area (Å²) in [6, 6.07) is 0. The lowest BCUT2D eigenvalue weighted by Crippen LogP contribution is -2.27. The second-order valence-electron chi connectivity index (χ2n) is 40.1. The van der Waals surface area contributed by atoms with Gasteiger partial charge in [0.1, 0.15) is 0 Å². The molecule has 694 valence electrons. The maximum Gasteiger partial charge on any atom is 0.185 e. The fourth-order valence-corrected chi connectivity index (χ4v) is 25.1. The molecule has 0 aromatic carbocycles. The molecule has 0 aromatic heterocycles. The Morgan fingerprint density at radius 2 is 0.198 bits per heavy atom. The minimum absolute atomic E-state index is 0.00224. The summed E-state index contributed by atoms with van der Waals surface area (Å²) in [7, 11) is 0. The largest absolute Gasteiger partial charge is 0.289 e. The standard InChI is InChI=1S/C115H138O16/c1-5-37-69-73-41-11-14-45-77-81-49-19-22-53-85-89-57-27-30-61-93-97-65-35-36-67-99-95-63-32-29-59-91-87-55-24-21-51-83-79-47-16-13-43-75-71(39-7-3)102(118)74(70(38-6-2)103(75)119)42-12-15-46-78(107(83)123)82(106(79)122)50-20-23-54-86(111(91)127)90(110(87)126)58-28-31-62-94(115(99)131)98(114(95)130)66-34-33-64-96(113(93)129)92(112(97)128)60-26-25-56-88(109(85)125)84(108(89)124)52-18-17-48-80(105(77)121)76(104(81)120)44-10-9-40-72(101(69)117)68(8-4)100(73)116/h5-67H2,1-4H3. The molecule has 0 atom stereocenters. The van der Waals surface area contributed by atoms with Gasteiger partial charge in [-0.2, -0.15) is 0 Å². The first-order valence-electron chi connectivity index (χ1n) is 51.9. The Morgan fingerprint density at radius 1 is 0.115 bits per heavy atom. The predicted molar refractivity (Wildman–Crippen MR) is 506 cm³/mol. The zero-order chi connectivity index (χ0) is 92.3. The molecule has 0 amide bonds. The molecule has 16 heteroatoms. The van der Waals surface area contributed by atoms with E-state index in [1.807, 2.05) is 27.7 Å². The van der Waals surface area contributed by atoms with Crippen molar-refractivity contribution in [1.82, 2.24) is 0 Å². The van der Waals surface area contributed by atoms with Crippen LogP contribution in [0.4, 0.5) is 0 Å². The van der Waals surface area contributed by atoms with Gasteiger partial charge in [-0.3, -0.25) is 76.7 Å². The van der Waals surface area contributed by atoms with Crippen LogP contribution in [-0.4, -0.2) is 92.5 Å². The maximum atomic E-state index is 15.5. The molecule has 36 aliphatic rings. The highest BCUT2D eigenvalue weighted by molar-refractivity contribution is 6.31. The molecule has 36 rings (SSSR count). The van der Waals surface area contributed by atoms with Crippen LogP contribution in [0.1, 0.15) is 432 Å². The normalized spacial score (nSPS) is 24.4. The Balaban J connectivity index is 0.656. The van der Waals surface area contributed by atoms with E-state index < -0.39 is 0 Å². The van der Waals surface area contributed by atoms with E-state index in [1.165, 1.54) is 0 Å². The lowest BCUT2D eigenvalue weighted by molar-refractivity contribution is -0.117. The fraction of sp³-hybridized carbons (Fsp3) is 0.583. The van der Waals surface area contributed by atoms with Gasteiger partial charge >= 0.3 is 0 Å². The molecule has 0 unspecified atom stereocenters. The summed E-state index contributed by atoms with van der Waals surface area (Å²) >= 11 is 0. The fourth-order valence-electron chi connectivity index (χ4n) is 25.1. The summed E-state index contributed by atoms with van der Waals surface area (Å²) in [6.45, 7) is 8.04. The minimum Gasteiger partial charge on any atom is -0.289 e. The number of carbonyl (C=O) groups is 16. The number of hydrogen-bond donors (Lipinski definition) is 0. The van der Waals surface area contributed by atoms with Gasteiger partial charge in [0, 0.05) is 178 Å². The number of hydrogen-bond acceptors (Lipinski definition) is 16. The Kier molecular flexibility index (Phi) is 32.4. The van der Waals surface area contributed by atoms with Gasteiger partial charge in [0.15, 0.2) is 92.5 Å². The van der Waals surface area contributed by atoms with Crippen LogP contribution in [0.3, 0.4) is 0 Å². The monoisotopic (exact) mass is 1770 g/mol. The lowest BCUT2D eigenvalue weighted by Gasteiger charge is -2.28. The van der Waals surface area contributed by atoms with Crippen molar-refractivity contribution >= 4 is 92.5 Å². The van der Waals surface area contributed by atoms with Crippen LogP contribution in [0.2, 0.25) is 0 Å². The molecular weight excluding hydrogens is 1640 g/mol. The topological polar surface area (TPSA) is 273 Å². The second-order valence-corrected chi connectivity index (χ2v) is 40.1. The van der Waals surface area contributed by atoms with E-state index >= 15 is 57.5 Å². The quantitative estimate of drug-likeness (QED) is 0.214. The highest BCUT2D eigenvalue weighted by Gasteiger charge is 2.44. The van der Waals surface area contributed by atoms with Crippen LogP contribution in [0, 0.1) is 0 Å². The molecule has 0 aliphatic heterocycles. The Morgan fingerprint density at radius 3 is 0.290 bits per heavy atom. The van der Waals surface area contributed by atoms with Crippen molar-refractivity contribution in [3.05, 3.63) is 178 Å². The van der Waals surface area contributed by atoms with Gasteiger partial charge in [-0.1, -0.05) is 47.0 Å². The first-order valence-corrected chi connectivity index (χ1v) is 51.9. The van der Waals surface area contributed by atoms with Gasteiger partial charge in [0.2, 0.25) is 0 Å². The van der Waals surface area contributed by atoms with Crippen molar-refractivity contribution in [2.45, 2.75) is 432 Å². The van der Waals surface area contributed by atoms with E-state index in [9.17, 15) is 19.2 Å². The summed E-state index contributed by atoms with van der Waals surface area (Å²) in [5.41, 5.74) is 17.7. The van der Waals surface area contributed by atoms with Gasteiger partial charge < -0.3 is 0 Å².